The largest absolute Gasteiger partial charge is 0.311 e. The van der Waals surface area contributed by atoms with Crippen molar-refractivity contribution in [2.24, 2.45) is 0 Å². The van der Waals surface area contributed by atoms with Crippen LogP contribution in [0, 0.1) is 0 Å². The van der Waals surface area contributed by atoms with Gasteiger partial charge in [-0.05, 0) is 120 Å². The Morgan fingerprint density at radius 1 is 0.218 bits per heavy atom. The van der Waals surface area contributed by atoms with Crippen molar-refractivity contribution < 1.29 is 0 Å². The molecule has 0 saturated heterocycles. The minimum Gasteiger partial charge on any atom is -0.311 e. The van der Waals surface area contributed by atoms with Crippen molar-refractivity contribution in [3.8, 4) is 0 Å². The summed E-state index contributed by atoms with van der Waals surface area (Å²) < 4.78 is 0. The molecule has 0 aliphatic rings. The molecule has 0 fully saturated rings. The zero-order valence-corrected chi connectivity index (χ0v) is 30.5. The van der Waals surface area contributed by atoms with Crippen LogP contribution in [0.15, 0.2) is 200 Å². The van der Waals surface area contributed by atoms with E-state index in [0.717, 1.165) is 33.8 Å². The van der Waals surface area contributed by atoms with E-state index in [2.05, 4.69) is 242 Å². The van der Waals surface area contributed by atoms with Crippen LogP contribution in [0.1, 0.15) is 33.4 Å². The minimum absolute atomic E-state index is 1.10. The molecule has 0 atom stereocenters. The number of rotatable bonds is 9. The lowest BCUT2D eigenvalue weighted by atomic mass is 10.0. The molecule has 9 rings (SSSR count). The van der Waals surface area contributed by atoms with Crippen LogP contribution in [-0.2, 0) is 0 Å². The summed E-state index contributed by atoms with van der Waals surface area (Å²) in [6.07, 6.45) is 13.1. The van der Waals surface area contributed by atoms with Gasteiger partial charge in [-0.2, -0.15) is 0 Å². The molecular formula is C54H39N. The summed E-state index contributed by atoms with van der Waals surface area (Å²) in [6.45, 7) is 0. The summed E-state index contributed by atoms with van der Waals surface area (Å²) in [5.74, 6) is 0. The van der Waals surface area contributed by atoms with Gasteiger partial charge in [-0.25, -0.2) is 0 Å². The molecule has 9 aromatic rings. The fraction of sp³-hybridized carbons (Fsp3) is 0. The van der Waals surface area contributed by atoms with E-state index < -0.39 is 0 Å². The lowest BCUT2D eigenvalue weighted by molar-refractivity contribution is 1.28. The van der Waals surface area contributed by atoms with Crippen LogP contribution < -0.4 is 4.90 Å². The highest BCUT2D eigenvalue weighted by Crippen LogP contribution is 2.35. The second-order valence-electron chi connectivity index (χ2n) is 13.9. The standard InChI is InChI=1S/C54H39N/c1-4-10-49-37-43(19-28-46(49)7-1)16-13-40-22-31-52(32-23-40)55(53-33-24-41(25-34-53)14-17-44-20-29-47-8-2-5-11-50(47)38-44)54-35-26-42(27-36-54)15-18-45-21-30-48-9-3-6-12-51(48)39-45/h1-39H/b16-13+,17-14+,18-15+. The third-order valence-corrected chi connectivity index (χ3v) is 10.2. The van der Waals surface area contributed by atoms with Gasteiger partial charge in [0, 0.05) is 17.1 Å². The molecule has 0 spiro atoms. The molecule has 260 valence electrons. The predicted octanol–water partition coefficient (Wildman–Crippen LogP) is 15.1. The fourth-order valence-corrected chi connectivity index (χ4v) is 7.16. The molecule has 0 aliphatic heterocycles. The van der Waals surface area contributed by atoms with Gasteiger partial charge in [0.15, 0.2) is 0 Å². The van der Waals surface area contributed by atoms with Gasteiger partial charge in [-0.15, -0.1) is 0 Å². The maximum absolute atomic E-state index is 2.32. The Morgan fingerprint density at radius 3 is 0.745 bits per heavy atom. The van der Waals surface area contributed by atoms with Crippen LogP contribution in [0.4, 0.5) is 17.1 Å². The van der Waals surface area contributed by atoms with Crippen LogP contribution in [0.2, 0.25) is 0 Å². The van der Waals surface area contributed by atoms with E-state index in [1.165, 1.54) is 49.0 Å². The number of hydrogen-bond donors (Lipinski definition) is 0. The Hall–Kier alpha value is -7.22. The van der Waals surface area contributed by atoms with E-state index in [4.69, 9.17) is 0 Å². The lowest BCUT2D eigenvalue weighted by Gasteiger charge is -2.26. The summed E-state index contributed by atoms with van der Waals surface area (Å²) in [5.41, 5.74) is 10.3. The lowest BCUT2D eigenvalue weighted by Crippen LogP contribution is -2.09. The molecule has 0 saturated carbocycles. The molecule has 0 heterocycles. The van der Waals surface area contributed by atoms with Crippen LogP contribution in [0.25, 0.3) is 68.8 Å². The second-order valence-corrected chi connectivity index (χ2v) is 13.9. The highest BCUT2D eigenvalue weighted by molar-refractivity contribution is 5.89. The Balaban J connectivity index is 0.987. The zero-order chi connectivity index (χ0) is 36.8. The first-order chi connectivity index (χ1) is 27.2. The molecular weight excluding hydrogens is 663 g/mol. The van der Waals surface area contributed by atoms with Gasteiger partial charge < -0.3 is 4.90 Å². The number of anilines is 3. The summed E-state index contributed by atoms with van der Waals surface area (Å²) >= 11 is 0. The molecule has 9 aromatic carbocycles. The first kappa shape index (κ1) is 33.6. The Morgan fingerprint density at radius 2 is 0.455 bits per heavy atom. The van der Waals surface area contributed by atoms with Crippen molar-refractivity contribution in [3.63, 3.8) is 0 Å². The van der Waals surface area contributed by atoms with Gasteiger partial charge in [0.25, 0.3) is 0 Å². The van der Waals surface area contributed by atoms with Crippen LogP contribution in [0.3, 0.4) is 0 Å². The number of fused-ring (bicyclic) bond motifs is 3. The molecule has 0 amide bonds. The Bertz CT molecular complexity index is 2520. The highest BCUT2D eigenvalue weighted by atomic mass is 15.1. The van der Waals surface area contributed by atoms with E-state index in [-0.39, 0.29) is 0 Å². The third kappa shape index (κ3) is 7.78. The molecule has 1 heteroatoms. The molecule has 0 aliphatic carbocycles. The van der Waals surface area contributed by atoms with Crippen molar-refractivity contribution in [2.45, 2.75) is 0 Å². The van der Waals surface area contributed by atoms with E-state index >= 15 is 0 Å². The topological polar surface area (TPSA) is 3.24 Å². The maximum Gasteiger partial charge on any atom is 0.0462 e. The molecule has 0 bridgehead atoms. The molecule has 0 aromatic heterocycles. The average molecular weight is 702 g/mol. The SMILES string of the molecule is C(=C\c1ccc2ccccc2c1)/c1ccc(N(c2ccc(/C=C/c3ccc4ccccc4c3)cc2)c2ccc(/C=C/c3ccc4ccccc4c3)cc2)cc1. The third-order valence-electron chi connectivity index (χ3n) is 10.2. The average Bonchev–Trinajstić information content (AvgIpc) is 3.25. The van der Waals surface area contributed by atoms with Crippen molar-refractivity contribution in [1.82, 2.24) is 0 Å². The molecule has 1 nitrogen and oxygen atoms in total. The molecule has 0 unspecified atom stereocenters. The van der Waals surface area contributed by atoms with Crippen molar-refractivity contribution in [3.05, 3.63) is 234 Å². The number of benzene rings is 9. The minimum atomic E-state index is 1.10. The molecule has 0 N–H and O–H groups in total. The smallest absolute Gasteiger partial charge is 0.0462 e. The Kier molecular flexibility index (Phi) is 9.41. The first-order valence-electron chi connectivity index (χ1n) is 18.8. The number of hydrogen-bond acceptors (Lipinski definition) is 1. The predicted molar refractivity (Wildman–Crippen MR) is 240 cm³/mol. The summed E-state index contributed by atoms with van der Waals surface area (Å²) in [6, 6.07) is 71.7. The maximum atomic E-state index is 2.32. The van der Waals surface area contributed by atoms with Gasteiger partial charge >= 0.3 is 0 Å². The van der Waals surface area contributed by atoms with Gasteiger partial charge in [0.1, 0.15) is 0 Å². The number of nitrogens with zero attached hydrogens (tertiary/aromatic N) is 1. The van der Waals surface area contributed by atoms with Gasteiger partial charge in [0.05, 0.1) is 0 Å². The normalized spacial score (nSPS) is 11.8. The van der Waals surface area contributed by atoms with Gasteiger partial charge in [-0.1, -0.05) is 182 Å². The van der Waals surface area contributed by atoms with Crippen molar-refractivity contribution >= 4 is 85.8 Å². The van der Waals surface area contributed by atoms with Crippen molar-refractivity contribution in [2.75, 3.05) is 4.90 Å². The van der Waals surface area contributed by atoms with Crippen LogP contribution in [-0.4, -0.2) is 0 Å². The Labute approximate surface area is 323 Å². The highest BCUT2D eigenvalue weighted by Gasteiger charge is 2.12. The van der Waals surface area contributed by atoms with E-state index in [1.54, 1.807) is 0 Å². The molecule has 55 heavy (non-hydrogen) atoms. The van der Waals surface area contributed by atoms with Crippen molar-refractivity contribution in [1.29, 1.82) is 0 Å². The summed E-state index contributed by atoms with van der Waals surface area (Å²) in [4.78, 5) is 2.32. The van der Waals surface area contributed by atoms with E-state index in [1.807, 2.05) is 0 Å². The van der Waals surface area contributed by atoms with E-state index in [0.29, 0.717) is 0 Å². The first-order valence-corrected chi connectivity index (χ1v) is 18.8. The summed E-state index contributed by atoms with van der Waals surface area (Å²) in [5, 5.41) is 7.52. The fourth-order valence-electron chi connectivity index (χ4n) is 7.16. The van der Waals surface area contributed by atoms with Crippen LogP contribution in [0.5, 0.6) is 0 Å². The second kappa shape index (κ2) is 15.4. The summed E-state index contributed by atoms with van der Waals surface area (Å²) in [7, 11) is 0. The monoisotopic (exact) mass is 701 g/mol. The van der Waals surface area contributed by atoms with Crippen LogP contribution >= 0.6 is 0 Å². The quantitative estimate of drug-likeness (QED) is 0.135. The van der Waals surface area contributed by atoms with Gasteiger partial charge in [-0.3, -0.25) is 0 Å². The van der Waals surface area contributed by atoms with Gasteiger partial charge in [0.2, 0.25) is 0 Å². The van der Waals surface area contributed by atoms with E-state index in [9.17, 15) is 0 Å². The molecule has 0 radical (unpaired) electrons. The zero-order valence-electron chi connectivity index (χ0n) is 30.5.